The van der Waals surface area contributed by atoms with Gasteiger partial charge in [0.2, 0.25) is 5.82 Å². The monoisotopic (exact) mass is 433 g/mol. The van der Waals surface area contributed by atoms with Crippen molar-refractivity contribution in [3.05, 3.63) is 47.5 Å². The minimum absolute atomic E-state index is 0.370. The molecular formula is C22H23N7OS. The van der Waals surface area contributed by atoms with Crippen LogP contribution < -0.4 is 9.64 Å². The van der Waals surface area contributed by atoms with Crippen LogP contribution in [0.25, 0.3) is 21.6 Å². The van der Waals surface area contributed by atoms with Crippen molar-refractivity contribution in [1.29, 1.82) is 0 Å². The number of H-pyrrole nitrogens is 1. The number of anilines is 1. The lowest BCUT2D eigenvalue weighted by Crippen LogP contribution is -2.46. The summed E-state index contributed by atoms with van der Waals surface area (Å²) in [6, 6.07) is 14.5. The van der Waals surface area contributed by atoms with Crippen molar-refractivity contribution >= 4 is 27.2 Å². The van der Waals surface area contributed by atoms with Crippen molar-refractivity contribution in [2.24, 2.45) is 0 Å². The fourth-order valence-electron chi connectivity index (χ4n) is 4.02. The van der Waals surface area contributed by atoms with E-state index < -0.39 is 0 Å². The van der Waals surface area contributed by atoms with E-state index in [9.17, 15) is 0 Å². The highest BCUT2D eigenvalue weighted by Gasteiger charge is 2.26. The molecule has 2 aromatic heterocycles. The lowest BCUT2D eigenvalue weighted by Gasteiger charge is -2.36. The van der Waals surface area contributed by atoms with Gasteiger partial charge in [-0.15, -0.1) is 21.5 Å². The molecule has 0 atom stereocenters. The molecule has 31 heavy (non-hydrogen) atoms. The zero-order valence-electron chi connectivity index (χ0n) is 17.1. The molecule has 1 saturated heterocycles. The van der Waals surface area contributed by atoms with E-state index >= 15 is 0 Å². The summed E-state index contributed by atoms with van der Waals surface area (Å²) < 4.78 is 7.31. The highest BCUT2D eigenvalue weighted by atomic mass is 32.1. The Labute approximate surface area is 183 Å². The van der Waals surface area contributed by atoms with Gasteiger partial charge in [-0.25, -0.2) is 4.98 Å². The fourth-order valence-corrected chi connectivity index (χ4v) is 5.03. The Morgan fingerprint density at radius 3 is 2.71 bits per heavy atom. The van der Waals surface area contributed by atoms with Crippen LogP contribution >= 0.6 is 11.3 Å². The number of aromatic nitrogens is 5. The third kappa shape index (κ3) is 3.98. The number of thiazole rings is 1. The molecule has 1 N–H and O–H groups in total. The number of benzene rings is 2. The molecule has 0 radical (unpaired) electrons. The first-order valence-corrected chi connectivity index (χ1v) is 11.5. The van der Waals surface area contributed by atoms with Crippen LogP contribution in [0.3, 0.4) is 0 Å². The normalized spacial score (nSPS) is 17.4. The lowest BCUT2D eigenvalue weighted by molar-refractivity contribution is 0.249. The van der Waals surface area contributed by atoms with E-state index in [0.29, 0.717) is 11.9 Å². The minimum atomic E-state index is 0.370. The van der Waals surface area contributed by atoms with Crippen LogP contribution in [0.2, 0.25) is 0 Å². The molecule has 9 heteroatoms. The summed E-state index contributed by atoms with van der Waals surface area (Å²) >= 11 is 1.79. The number of hydrogen-bond acceptors (Lipinski definition) is 8. The van der Waals surface area contributed by atoms with Crippen molar-refractivity contribution in [2.75, 3.05) is 31.1 Å². The molecule has 0 unspecified atom stereocenters. The Hall–Kier alpha value is -3.04. The maximum atomic E-state index is 6.05. The second-order valence-electron chi connectivity index (χ2n) is 8.07. The molecule has 3 heterocycles. The van der Waals surface area contributed by atoms with Crippen molar-refractivity contribution in [2.45, 2.75) is 25.5 Å². The second kappa shape index (κ2) is 7.90. The van der Waals surface area contributed by atoms with Crippen molar-refractivity contribution < 1.29 is 4.74 Å². The number of aromatic amines is 1. The first-order valence-electron chi connectivity index (χ1n) is 10.7. The molecule has 1 saturated carbocycles. The van der Waals surface area contributed by atoms with Crippen LogP contribution in [-0.2, 0) is 6.54 Å². The van der Waals surface area contributed by atoms with Crippen LogP contribution in [-0.4, -0.2) is 62.8 Å². The number of rotatable bonds is 6. The summed E-state index contributed by atoms with van der Waals surface area (Å²) in [6.07, 6.45) is 2.66. The predicted molar refractivity (Wildman–Crippen MR) is 120 cm³/mol. The van der Waals surface area contributed by atoms with Gasteiger partial charge in [0.15, 0.2) is 0 Å². The molecule has 0 spiro atoms. The number of nitrogens with one attached hydrogen (secondary N) is 1. The fraction of sp³-hybridized carbons (Fsp3) is 0.364. The predicted octanol–water partition coefficient (Wildman–Crippen LogP) is 3.34. The molecule has 8 nitrogen and oxygen atoms in total. The molecule has 158 valence electrons. The number of fused-ring (bicyclic) bond motifs is 1. The summed E-state index contributed by atoms with van der Waals surface area (Å²) in [5, 5.41) is 15.9. The summed E-state index contributed by atoms with van der Waals surface area (Å²) in [6.45, 7) is 4.73. The van der Waals surface area contributed by atoms with Gasteiger partial charge in [-0.3, -0.25) is 4.90 Å². The first-order chi connectivity index (χ1) is 15.3. The number of tetrazole rings is 1. The van der Waals surface area contributed by atoms with E-state index in [1.807, 2.05) is 18.2 Å². The molecule has 1 aliphatic heterocycles. The summed E-state index contributed by atoms with van der Waals surface area (Å²) in [7, 11) is 0. The molecule has 4 aromatic rings. The van der Waals surface area contributed by atoms with E-state index in [2.05, 4.69) is 54.7 Å². The number of nitrogens with zero attached hydrogens (tertiary/aromatic N) is 6. The Morgan fingerprint density at radius 2 is 1.94 bits per heavy atom. The average molecular weight is 434 g/mol. The van der Waals surface area contributed by atoms with Crippen LogP contribution in [0.15, 0.2) is 42.5 Å². The number of para-hydroxylation sites is 1. The number of piperazine rings is 1. The molecular weight excluding hydrogens is 410 g/mol. The Balaban J connectivity index is 1.18. The highest BCUT2D eigenvalue weighted by Crippen LogP contribution is 2.35. The smallest absolute Gasteiger partial charge is 0.206 e. The number of hydrogen-bond donors (Lipinski definition) is 1. The maximum Gasteiger partial charge on any atom is 0.206 e. The third-order valence-corrected chi connectivity index (χ3v) is 6.81. The molecule has 0 amide bonds. The molecule has 2 aromatic carbocycles. The van der Waals surface area contributed by atoms with Gasteiger partial charge in [0.05, 0.1) is 28.6 Å². The third-order valence-electron chi connectivity index (χ3n) is 5.79. The van der Waals surface area contributed by atoms with E-state index in [1.165, 1.54) is 9.71 Å². The Morgan fingerprint density at radius 1 is 1.06 bits per heavy atom. The van der Waals surface area contributed by atoms with E-state index in [-0.39, 0.29) is 0 Å². The van der Waals surface area contributed by atoms with Crippen LogP contribution in [0.4, 0.5) is 5.69 Å². The first kappa shape index (κ1) is 18.7. The van der Waals surface area contributed by atoms with Crippen LogP contribution in [0, 0.1) is 0 Å². The van der Waals surface area contributed by atoms with Gasteiger partial charge in [-0.2, -0.15) is 5.21 Å². The summed E-state index contributed by atoms with van der Waals surface area (Å²) in [4.78, 5) is 9.68. The lowest BCUT2D eigenvalue weighted by atomic mass is 10.1. The minimum Gasteiger partial charge on any atom is -0.490 e. The number of ether oxygens (including phenoxy) is 1. The van der Waals surface area contributed by atoms with Gasteiger partial charge in [0, 0.05) is 37.8 Å². The average Bonchev–Trinajstić information content (AvgIpc) is 3.27. The summed E-state index contributed by atoms with van der Waals surface area (Å²) in [5.74, 6) is 1.53. The largest absolute Gasteiger partial charge is 0.490 e. The molecule has 2 fully saturated rings. The topological polar surface area (TPSA) is 83.1 Å². The zero-order valence-corrected chi connectivity index (χ0v) is 17.9. The van der Waals surface area contributed by atoms with E-state index in [4.69, 9.17) is 9.72 Å². The standard InChI is InChI=1S/C22H23N7OS/c1-2-4-20-18(3-1)23-21(31-20)14-28-9-11-29(12-10-28)19-13-16(30-15-5-6-15)7-8-17(19)22-24-26-27-25-22/h1-4,7-8,13,15H,5-6,9-12,14H2,(H,24,25,26,27). The van der Waals surface area contributed by atoms with Crippen molar-refractivity contribution in [3.8, 4) is 17.1 Å². The molecule has 0 bridgehead atoms. The van der Waals surface area contributed by atoms with Crippen LogP contribution in [0.1, 0.15) is 17.8 Å². The van der Waals surface area contributed by atoms with Gasteiger partial charge >= 0.3 is 0 Å². The molecule has 1 aliphatic carbocycles. The van der Waals surface area contributed by atoms with Gasteiger partial charge < -0.3 is 9.64 Å². The van der Waals surface area contributed by atoms with Crippen molar-refractivity contribution in [1.82, 2.24) is 30.5 Å². The van der Waals surface area contributed by atoms with Gasteiger partial charge in [-0.05, 0) is 42.3 Å². The van der Waals surface area contributed by atoms with Crippen molar-refractivity contribution in [3.63, 3.8) is 0 Å². The molecule has 6 rings (SSSR count). The van der Waals surface area contributed by atoms with E-state index in [1.54, 1.807) is 11.3 Å². The summed E-state index contributed by atoms with van der Waals surface area (Å²) in [5.41, 5.74) is 3.19. The quantitative estimate of drug-likeness (QED) is 0.499. The van der Waals surface area contributed by atoms with Crippen LogP contribution in [0.5, 0.6) is 5.75 Å². The maximum absolute atomic E-state index is 6.05. The second-order valence-corrected chi connectivity index (χ2v) is 9.19. The SMILES string of the molecule is c1ccc2sc(CN3CCN(c4cc(OC5CC5)ccc4-c4nn[nH]n4)CC3)nc2c1. The van der Waals surface area contributed by atoms with Gasteiger partial charge in [-0.1, -0.05) is 12.1 Å². The Kier molecular flexibility index (Phi) is 4.77. The van der Waals surface area contributed by atoms with Gasteiger partial charge in [0.25, 0.3) is 0 Å². The molecule has 2 aliphatic rings. The van der Waals surface area contributed by atoms with E-state index in [0.717, 1.165) is 68.1 Å². The Bertz CT molecular complexity index is 1150. The zero-order chi connectivity index (χ0) is 20.6. The highest BCUT2D eigenvalue weighted by molar-refractivity contribution is 7.18. The van der Waals surface area contributed by atoms with Gasteiger partial charge in [0.1, 0.15) is 10.8 Å².